The summed E-state index contributed by atoms with van der Waals surface area (Å²) >= 11 is 0. The number of anilines is 1. The first-order chi connectivity index (χ1) is 9.43. The number of benzene rings is 1. The summed E-state index contributed by atoms with van der Waals surface area (Å²) in [6.45, 7) is 6.41. The minimum atomic E-state index is 0.163. The van der Waals surface area contributed by atoms with Crippen LogP contribution in [0, 0.1) is 5.92 Å². The average Bonchev–Trinajstić information content (AvgIpc) is 2.80. The predicted molar refractivity (Wildman–Crippen MR) is 84.4 cm³/mol. The Morgan fingerprint density at radius 1 is 1.35 bits per heavy atom. The average molecular weight is 277 g/mol. The van der Waals surface area contributed by atoms with Crippen molar-refractivity contribution in [3.05, 3.63) is 23.8 Å². The van der Waals surface area contributed by atoms with Crippen LogP contribution in [0.3, 0.4) is 0 Å². The molecule has 1 aromatic carbocycles. The number of phenolic OH excluding ortho intramolecular Hbond substituents is 1. The van der Waals surface area contributed by atoms with Gasteiger partial charge in [-0.2, -0.15) is 0 Å². The highest BCUT2D eigenvalue weighted by atomic mass is 16.3. The molecule has 3 unspecified atom stereocenters. The maximum Gasteiger partial charge on any atom is 0.122 e. The van der Waals surface area contributed by atoms with Gasteiger partial charge in [-0.05, 0) is 40.1 Å². The van der Waals surface area contributed by atoms with Gasteiger partial charge in [0, 0.05) is 42.5 Å². The normalized spacial score (nSPS) is 24.4. The standard InChI is InChI=1S/C16H27N3O/c1-11-9-19(10-15(11)18(4)5)13-6-7-14(12(2)17-3)16(20)8-13/h6-8,11-12,15,17,20H,9-10H2,1-5H3. The van der Waals surface area contributed by atoms with Crippen molar-refractivity contribution in [3.8, 4) is 5.75 Å². The Morgan fingerprint density at radius 3 is 2.55 bits per heavy atom. The summed E-state index contributed by atoms with van der Waals surface area (Å²) < 4.78 is 0. The Balaban J connectivity index is 2.17. The lowest BCUT2D eigenvalue weighted by Crippen LogP contribution is -2.34. The first-order valence-corrected chi connectivity index (χ1v) is 7.35. The minimum Gasteiger partial charge on any atom is -0.508 e. The topological polar surface area (TPSA) is 38.7 Å². The highest BCUT2D eigenvalue weighted by molar-refractivity contribution is 5.55. The second kappa shape index (κ2) is 6.02. The molecule has 1 saturated heterocycles. The summed E-state index contributed by atoms with van der Waals surface area (Å²) in [5, 5.41) is 13.4. The van der Waals surface area contributed by atoms with Crippen LogP contribution in [0.15, 0.2) is 18.2 Å². The smallest absolute Gasteiger partial charge is 0.122 e. The molecule has 1 aliphatic heterocycles. The Kier molecular flexibility index (Phi) is 4.55. The number of hydrogen-bond acceptors (Lipinski definition) is 4. The molecular formula is C16H27N3O. The molecule has 0 amide bonds. The van der Waals surface area contributed by atoms with E-state index in [1.807, 2.05) is 19.2 Å². The fourth-order valence-corrected chi connectivity index (χ4v) is 3.08. The Hall–Kier alpha value is -1.26. The summed E-state index contributed by atoms with van der Waals surface area (Å²) in [4.78, 5) is 4.66. The van der Waals surface area contributed by atoms with E-state index in [1.54, 1.807) is 0 Å². The molecule has 1 fully saturated rings. The molecule has 20 heavy (non-hydrogen) atoms. The Morgan fingerprint density at radius 2 is 2.05 bits per heavy atom. The van der Waals surface area contributed by atoms with Gasteiger partial charge >= 0.3 is 0 Å². The van der Waals surface area contributed by atoms with Gasteiger partial charge in [-0.25, -0.2) is 0 Å². The van der Waals surface area contributed by atoms with Crippen molar-refractivity contribution in [3.63, 3.8) is 0 Å². The fourth-order valence-electron chi connectivity index (χ4n) is 3.08. The second-order valence-corrected chi connectivity index (χ2v) is 6.17. The van der Waals surface area contributed by atoms with E-state index in [-0.39, 0.29) is 6.04 Å². The van der Waals surface area contributed by atoms with E-state index >= 15 is 0 Å². The molecule has 0 aromatic heterocycles. The van der Waals surface area contributed by atoms with Gasteiger partial charge < -0.3 is 20.2 Å². The van der Waals surface area contributed by atoms with Gasteiger partial charge in [-0.15, -0.1) is 0 Å². The van der Waals surface area contributed by atoms with Crippen LogP contribution in [0.4, 0.5) is 5.69 Å². The van der Waals surface area contributed by atoms with Crippen LogP contribution in [0.1, 0.15) is 25.5 Å². The third kappa shape index (κ3) is 2.91. The van der Waals surface area contributed by atoms with Crippen LogP contribution in [-0.2, 0) is 0 Å². The molecule has 2 N–H and O–H groups in total. The van der Waals surface area contributed by atoms with Crippen LogP contribution >= 0.6 is 0 Å². The fraction of sp³-hybridized carbons (Fsp3) is 0.625. The van der Waals surface area contributed by atoms with Crippen molar-refractivity contribution < 1.29 is 5.11 Å². The Bertz CT molecular complexity index is 461. The van der Waals surface area contributed by atoms with Crippen LogP contribution in [0.2, 0.25) is 0 Å². The van der Waals surface area contributed by atoms with Crippen molar-refractivity contribution >= 4 is 5.69 Å². The molecule has 4 nitrogen and oxygen atoms in total. The molecule has 0 saturated carbocycles. The molecule has 112 valence electrons. The van der Waals surface area contributed by atoms with Crippen molar-refractivity contribution in [2.45, 2.75) is 25.9 Å². The Labute approximate surface area is 122 Å². The zero-order valence-electron chi connectivity index (χ0n) is 13.2. The van der Waals surface area contributed by atoms with Gasteiger partial charge in [0.15, 0.2) is 0 Å². The number of nitrogens with one attached hydrogen (secondary N) is 1. The molecule has 1 aromatic rings. The monoisotopic (exact) mass is 277 g/mol. The molecular weight excluding hydrogens is 250 g/mol. The first-order valence-electron chi connectivity index (χ1n) is 7.35. The largest absolute Gasteiger partial charge is 0.508 e. The number of aromatic hydroxyl groups is 1. The van der Waals surface area contributed by atoms with Gasteiger partial charge in [-0.3, -0.25) is 0 Å². The maximum absolute atomic E-state index is 10.2. The molecule has 3 atom stereocenters. The number of phenols is 1. The molecule has 1 aliphatic rings. The molecule has 0 aliphatic carbocycles. The van der Waals surface area contributed by atoms with Gasteiger partial charge in [0.1, 0.15) is 5.75 Å². The van der Waals surface area contributed by atoms with Crippen LogP contribution < -0.4 is 10.2 Å². The maximum atomic E-state index is 10.2. The van der Waals surface area contributed by atoms with Crippen molar-refractivity contribution in [1.29, 1.82) is 0 Å². The number of hydrogen-bond donors (Lipinski definition) is 2. The lowest BCUT2D eigenvalue weighted by atomic mass is 10.1. The quantitative estimate of drug-likeness (QED) is 0.883. The molecule has 1 heterocycles. The van der Waals surface area contributed by atoms with E-state index in [1.165, 1.54) is 0 Å². The zero-order chi connectivity index (χ0) is 14.9. The summed E-state index contributed by atoms with van der Waals surface area (Å²) in [5.74, 6) is 1.02. The van der Waals surface area contributed by atoms with Crippen molar-refractivity contribution in [2.75, 3.05) is 39.1 Å². The molecule has 2 rings (SSSR count). The summed E-state index contributed by atoms with van der Waals surface area (Å²) in [6, 6.07) is 6.78. The highest BCUT2D eigenvalue weighted by Crippen LogP contribution is 2.32. The summed E-state index contributed by atoms with van der Waals surface area (Å²) in [7, 11) is 6.18. The van der Waals surface area contributed by atoms with Crippen LogP contribution in [0.5, 0.6) is 5.75 Å². The van der Waals surface area contributed by atoms with E-state index in [0.29, 0.717) is 17.7 Å². The van der Waals surface area contributed by atoms with Crippen molar-refractivity contribution in [2.24, 2.45) is 5.92 Å². The van der Waals surface area contributed by atoms with Gasteiger partial charge in [-0.1, -0.05) is 13.0 Å². The number of rotatable bonds is 4. The van der Waals surface area contributed by atoms with E-state index < -0.39 is 0 Å². The van der Waals surface area contributed by atoms with Gasteiger partial charge in [0.2, 0.25) is 0 Å². The lowest BCUT2D eigenvalue weighted by Gasteiger charge is -2.23. The van der Waals surface area contributed by atoms with Crippen LogP contribution in [0.25, 0.3) is 0 Å². The number of nitrogens with zero attached hydrogens (tertiary/aromatic N) is 2. The van der Waals surface area contributed by atoms with E-state index in [0.717, 1.165) is 24.3 Å². The molecule has 0 radical (unpaired) electrons. The third-order valence-corrected chi connectivity index (χ3v) is 4.51. The van der Waals surface area contributed by atoms with E-state index in [4.69, 9.17) is 0 Å². The van der Waals surface area contributed by atoms with Gasteiger partial charge in [0.25, 0.3) is 0 Å². The zero-order valence-corrected chi connectivity index (χ0v) is 13.2. The number of likely N-dealkylation sites (N-methyl/N-ethyl adjacent to an activating group) is 1. The molecule has 0 spiro atoms. The first kappa shape index (κ1) is 15.1. The molecule has 4 heteroatoms. The second-order valence-electron chi connectivity index (χ2n) is 6.17. The van der Waals surface area contributed by atoms with Crippen molar-refractivity contribution in [1.82, 2.24) is 10.2 Å². The third-order valence-electron chi connectivity index (χ3n) is 4.51. The highest BCUT2D eigenvalue weighted by Gasteiger charge is 2.31. The minimum absolute atomic E-state index is 0.163. The van der Waals surface area contributed by atoms with Gasteiger partial charge in [0.05, 0.1) is 0 Å². The lowest BCUT2D eigenvalue weighted by molar-refractivity contribution is 0.266. The molecule has 0 bridgehead atoms. The van der Waals surface area contributed by atoms with E-state index in [9.17, 15) is 5.11 Å². The SMILES string of the molecule is CNC(C)c1ccc(N2CC(C)C(N(C)C)C2)cc1O. The van der Waals surface area contributed by atoms with Crippen LogP contribution in [-0.4, -0.2) is 50.3 Å². The summed E-state index contributed by atoms with van der Waals surface area (Å²) in [5.41, 5.74) is 2.07. The predicted octanol–water partition coefficient (Wildman–Crippen LogP) is 2.06. The van der Waals surface area contributed by atoms with E-state index in [2.05, 4.69) is 49.1 Å². The summed E-state index contributed by atoms with van der Waals surface area (Å²) in [6.07, 6.45) is 0.